The summed E-state index contributed by atoms with van der Waals surface area (Å²) >= 11 is 11.8. The fourth-order valence-corrected chi connectivity index (χ4v) is 3.09. The largest absolute Gasteiger partial charge is 0.303 e. The van der Waals surface area contributed by atoms with E-state index in [2.05, 4.69) is 4.90 Å². The van der Waals surface area contributed by atoms with Crippen LogP contribution in [-0.2, 0) is 0 Å². The molecule has 0 aliphatic carbocycles. The van der Waals surface area contributed by atoms with Gasteiger partial charge in [0.15, 0.2) is 5.78 Å². The Bertz CT molecular complexity index is 470. The molecule has 0 amide bonds. The first-order chi connectivity index (χ1) is 10.2. The molecule has 0 aromatic heterocycles. The van der Waals surface area contributed by atoms with Crippen molar-refractivity contribution < 1.29 is 4.79 Å². The Hall–Kier alpha value is -0.570. The van der Waals surface area contributed by atoms with E-state index in [1.54, 1.807) is 18.2 Å². The van der Waals surface area contributed by atoms with Gasteiger partial charge in [0.2, 0.25) is 0 Å². The van der Waals surface area contributed by atoms with Gasteiger partial charge < -0.3 is 4.90 Å². The van der Waals surface area contributed by atoms with Crippen molar-refractivity contribution in [2.24, 2.45) is 0 Å². The number of hydrogen-bond acceptors (Lipinski definition) is 2. The molecule has 21 heavy (non-hydrogen) atoms. The van der Waals surface area contributed by atoms with Crippen molar-refractivity contribution >= 4 is 29.0 Å². The van der Waals surface area contributed by atoms with Crippen molar-refractivity contribution in [1.29, 1.82) is 0 Å². The van der Waals surface area contributed by atoms with Crippen LogP contribution in [0.5, 0.6) is 0 Å². The standard InChI is InChI=1S/C17H23Cl2NO/c18-15-9-8-14(13-16(15)19)17(21)7-3-1-4-10-20-11-5-2-6-12-20/h8-9,13H,1-7,10-12H2. The summed E-state index contributed by atoms with van der Waals surface area (Å²) in [6.45, 7) is 3.69. The van der Waals surface area contributed by atoms with Crippen LogP contribution in [0.4, 0.5) is 0 Å². The number of unbranched alkanes of at least 4 members (excludes halogenated alkanes) is 2. The Kier molecular flexibility index (Phi) is 7.01. The molecular formula is C17H23Cl2NO. The number of benzene rings is 1. The summed E-state index contributed by atoms with van der Waals surface area (Å²) in [5.74, 6) is 0.159. The number of rotatable bonds is 7. The molecule has 1 aliphatic rings. The molecule has 2 rings (SSSR count). The zero-order valence-electron chi connectivity index (χ0n) is 12.4. The zero-order valence-corrected chi connectivity index (χ0v) is 13.9. The minimum absolute atomic E-state index is 0.159. The molecule has 1 saturated heterocycles. The third kappa shape index (κ3) is 5.61. The number of ketones is 1. The van der Waals surface area contributed by atoms with Crippen molar-refractivity contribution in [3.63, 3.8) is 0 Å². The highest BCUT2D eigenvalue weighted by atomic mass is 35.5. The molecule has 2 nitrogen and oxygen atoms in total. The normalized spacial score (nSPS) is 16.1. The van der Waals surface area contributed by atoms with Crippen molar-refractivity contribution in [1.82, 2.24) is 4.90 Å². The van der Waals surface area contributed by atoms with Gasteiger partial charge in [0.1, 0.15) is 0 Å². The number of carbonyl (C=O) groups is 1. The van der Waals surface area contributed by atoms with E-state index in [-0.39, 0.29) is 5.78 Å². The average Bonchev–Trinajstić information content (AvgIpc) is 2.50. The summed E-state index contributed by atoms with van der Waals surface area (Å²) in [4.78, 5) is 14.6. The fourth-order valence-electron chi connectivity index (χ4n) is 2.79. The molecule has 1 heterocycles. The lowest BCUT2D eigenvalue weighted by atomic mass is 10.0. The van der Waals surface area contributed by atoms with Gasteiger partial charge in [-0.1, -0.05) is 36.0 Å². The molecule has 0 radical (unpaired) electrons. The lowest BCUT2D eigenvalue weighted by Gasteiger charge is -2.26. The molecule has 116 valence electrons. The molecule has 4 heteroatoms. The van der Waals surface area contributed by atoms with Gasteiger partial charge in [0, 0.05) is 12.0 Å². The minimum Gasteiger partial charge on any atom is -0.303 e. The van der Waals surface area contributed by atoms with Gasteiger partial charge in [-0.05, 0) is 63.5 Å². The first-order valence-electron chi connectivity index (χ1n) is 7.87. The number of Topliss-reactive ketones (excluding diaryl/α,β-unsaturated/α-hetero) is 1. The van der Waals surface area contributed by atoms with Crippen molar-refractivity contribution in [2.45, 2.75) is 44.9 Å². The molecule has 1 aromatic rings. The summed E-state index contributed by atoms with van der Waals surface area (Å²) in [6, 6.07) is 5.11. The summed E-state index contributed by atoms with van der Waals surface area (Å²) in [5.41, 5.74) is 0.667. The predicted octanol–water partition coefficient (Wildman–Crippen LogP) is 5.22. The second-order valence-corrected chi connectivity index (χ2v) is 6.58. The Morgan fingerprint density at radius 2 is 1.76 bits per heavy atom. The monoisotopic (exact) mass is 327 g/mol. The molecule has 0 saturated carbocycles. The molecule has 0 atom stereocenters. The first-order valence-corrected chi connectivity index (χ1v) is 8.63. The van der Waals surface area contributed by atoms with Crippen molar-refractivity contribution in [3.8, 4) is 0 Å². The number of carbonyl (C=O) groups excluding carboxylic acids is 1. The SMILES string of the molecule is O=C(CCCCCN1CCCCC1)c1ccc(Cl)c(Cl)c1. The Balaban J connectivity index is 1.63. The van der Waals surface area contributed by atoms with E-state index in [1.165, 1.54) is 45.3 Å². The van der Waals surface area contributed by atoms with Crippen LogP contribution in [0.2, 0.25) is 10.0 Å². The fraction of sp³-hybridized carbons (Fsp3) is 0.588. The zero-order chi connectivity index (χ0) is 15.1. The number of likely N-dealkylation sites (tertiary alicyclic amines) is 1. The van der Waals surface area contributed by atoms with E-state index < -0.39 is 0 Å². The predicted molar refractivity (Wildman–Crippen MR) is 89.6 cm³/mol. The van der Waals surface area contributed by atoms with Crippen LogP contribution < -0.4 is 0 Å². The maximum absolute atomic E-state index is 12.1. The van der Waals surface area contributed by atoms with E-state index in [1.807, 2.05) is 0 Å². The third-order valence-corrected chi connectivity index (χ3v) is 4.81. The molecule has 0 spiro atoms. The van der Waals surface area contributed by atoms with Crippen LogP contribution in [0, 0.1) is 0 Å². The highest BCUT2D eigenvalue weighted by molar-refractivity contribution is 6.42. The number of nitrogens with zero attached hydrogens (tertiary/aromatic N) is 1. The third-order valence-electron chi connectivity index (χ3n) is 4.07. The van der Waals surface area contributed by atoms with E-state index in [0.717, 1.165) is 12.8 Å². The van der Waals surface area contributed by atoms with Gasteiger partial charge in [-0.3, -0.25) is 4.79 Å². The summed E-state index contributed by atoms with van der Waals surface area (Å²) in [6.07, 6.45) is 7.92. The van der Waals surface area contributed by atoms with Gasteiger partial charge in [-0.15, -0.1) is 0 Å². The second-order valence-electron chi connectivity index (χ2n) is 5.77. The number of piperidine rings is 1. The molecule has 1 fully saturated rings. The van der Waals surface area contributed by atoms with E-state index in [0.29, 0.717) is 22.0 Å². The molecule has 0 bridgehead atoms. The second kappa shape index (κ2) is 8.77. The summed E-state index contributed by atoms with van der Waals surface area (Å²) < 4.78 is 0. The highest BCUT2D eigenvalue weighted by Gasteiger charge is 2.10. The Labute approximate surface area is 137 Å². The van der Waals surface area contributed by atoms with Crippen LogP contribution in [-0.4, -0.2) is 30.3 Å². The minimum atomic E-state index is 0.159. The van der Waals surface area contributed by atoms with E-state index >= 15 is 0 Å². The van der Waals surface area contributed by atoms with Crippen LogP contribution in [0.25, 0.3) is 0 Å². The van der Waals surface area contributed by atoms with Crippen LogP contribution >= 0.6 is 23.2 Å². The van der Waals surface area contributed by atoms with Gasteiger partial charge in [0.05, 0.1) is 10.0 Å². The lowest BCUT2D eigenvalue weighted by Crippen LogP contribution is -2.30. The van der Waals surface area contributed by atoms with Gasteiger partial charge in [0.25, 0.3) is 0 Å². The highest BCUT2D eigenvalue weighted by Crippen LogP contribution is 2.23. The van der Waals surface area contributed by atoms with Crippen molar-refractivity contribution in [3.05, 3.63) is 33.8 Å². The molecular weight excluding hydrogens is 305 g/mol. The molecule has 0 unspecified atom stereocenters. The van der Waals surface area contributed by atoms with Crippen LogP contribution in [0.1, 0.15) is 55.3 Å². The van der Waals surface area contributed by atoms with Gasteiger partial charge in [-0.25, -0.2) is 0 Å². The maximum atomic E-state index is 12.1. The maximum Gasteiger partial charge on any atom is 0.162 e. The average molecular weight is 328 g/mol. The first kappa shape index (κ1) is 16.8. The summed E-state index contributed by atoms with van der Waals surface area (Å²) in [7, 11) is 0. The van der Waals surface area contributed by atoms with Crippen LogP contribution in [0.3, 0.4) is 0 Å². The lowest BCUT2D eigenvalue weighted by molar-refractivity contribution is 0.0978. The molecule has 1 aromatic carbocycles. The number of hydrogen-bond donors (Lipinski definition) is 0. The summed E-state index contributed by atoms with van der Waals surface area (Å²) in [5, 5.41) is 0.947. The van der Waals surface area contributed by atoms with Gasteiger partial charge in [-0.2, -0.15) is 0 Å². The smallest absolute Gasteiger partial charge is 0.162 e. The quantitative estimate of drug-likeness (QED) is 0.505. The van der Waals surface area contributed by atoms with E-state index in [4.69, 9.17) is 23.2 Å². The molecule has 0 N–H and O–H groups in total. The molecule has 1 aliphatic heterocycles. The van der Waals surface area contributed by atoms with Gasteiger partial charge >= 0.3 is 0 Å². The Morgan fingerprint density at radius 3 is 2.48 bits per heavy atom. The Morgan fingerprint density at radius 1 is 1.00 bits per heavy atom. The van der Waals surface area contributed by atoms with E-state index in [9.17, 15) is 4.79 Å². The van der Waals surface area contributed by atoms with Crippen LogP contribution in [0.15, 0.2) is 18.2 Å². The topological polar surface area (TPSA) is 20.3 Å². The number of halogens is 2. The van der Waals surface area contributed by atoms with Crippen molar-refractivity contribution in [2.75, 3.05) is 19.6 Å².